The average Bonchev–Trinajstić information content (AvgIpc) is 2.98. The van der Waals surface area contributed by atoms with Crippen molar-refractivity contribution in [2.24, 2.45) is 11.8 Å². The monoisotopic (exact) mass is 638 g/mol. The summed E-state index contributed by atoms with van der Waals surface area (Å²) in [6.07, 6.45) is 1.82. The lowest BCUT2D eigenvalue weighted by Crippen LogP contribution is -2.67. The number of carbonyl (C=O) groups excluding carboxylic acids is 1. The van der Waals surface area contributed by atoms with Crippen molar-refractivity contribution in [3.63, 3.8) is 0 Å². The average molecular weight is 639 g/mol. The molecule has 3 rings (SSSR count). The number of esters is 1. The second-order valence-corrected chi connectivity index (χ2v) is 18.2. The van der Waals surface area contributed by atoms with Crippen LogP contribution >= 0.6 is 0 Å². The van der Waals surface area contributed by atoms with E-state index in [9.17, 15) is 4.79 Å². The molecule has 1 aliphatic heterocycles. The number of methoxy groups -OCH3 is 1. The molecule has 45 heavy (non-hydrogen) atoms. The van der Waals surface area contributed by atoms with Gasteiger partial charge in [-0.25, -0.2) is 4.79 Å². The van der Waals surface area contributed by atoms with Crippen molar-refractivity contribution in [1.29, 1.82) is 0 Å². The van der Waals surface area contributed by atoms with Crippen LogP contribution < -0.4 is 10.4 Å². The Morgan fingerprint density at radius 3 is 2.00 bits per heavy atom. The van der Waals surface area contributed by atoms with Crippen LogP contribution in [0.5, 0.6) is 0 Å². The van der Waals surface area contributed by atoms with Crippen LogP contribution in [0.2, 0.25) is 5.04 Å². The van der Waals surface area contributed by atoms with Gasteiger partial charge in [0.2, 0.25) is 5.79 Å². The van der Waals surface area contributed by atoms with Crippen molar-refractivity contribution < 1.29 is 32.9 Å². The van der Waals surface area contributed by atoms with Crippen LogP contribution in [-0.2, 0) is 32.9 Å². The molecule has 0 saturated carbocycles. The lowest BCUT2D eigenvalue weighted by atomic mass is 9.80. The van der Waals surface area contributed by atoms with Crippen LogP contribution in [0.25, 0.3) is 0 Å². The number of carbonyl (C=O) groups is 1. The molecule has 1 aliphatic rings. The van der Waals surface area contributed by atoms with Gasteiger partial charge in [0.05, 0.1) is 23.9 Å². The summed E-state index contributed by atoms with van der Waals surface area (Å²) in [5.41, 5.74) is -0.398. The number of hydrogen-bond acceptors (Lipinski definition) is 7. The van der Waals surface area contributed by atoms with E-state index in [0.29, 0.717) is 31.0 Å². The summed E-state index contributed by atoms with van der Waals surface area (Å²) in [6, 6.07) is 21.3. The zero-order chi connectivity index (χ0) is 33.5. The van der Waals surface area contributed by atoms with Crippen LogP contribution in [0.1, 0.15) is 68.7 Å². The molecule has 2 aromatic rings. The van der Waals surface area contributed by atoms with E-state index in [1.165, 1.54) is 10.4 Å². The molecule has 8 heteroatoms. The Morgan fingerprint density at radius 1 is 0.956 bits per heavy atom. The molecule has 248 valence electrons. The quantitative estimate of drug-likeness (QED) is 0.0871. The Bertz CT molecular complexity index is 1250. The van der Waals surface area contributed by atoms with Gasteiger partial charge >= 0.3 is 5.97 Å². The Labute approximate surface area is 272 Å². The molecule has 2 aromatic carbocycles. The van der Waals surface area contributed by atoms with Gasteiger partial charge in [-0.1, -0.05) is 101 Å². The molecule has 0 aliphatic carbocycles. The minimum absolute atomic E-state index is 0.0508. The summed E-state index contributed by atoms with van der Waals surface area (Å²) >= 11 is 0. The molecule has 0 N–H and O–H groups in total. The summed E-state index contributed by atoms with van der Waals surface area (Å²) in [5, 5.41) is 2.34. The zero-order valence-electron chi connectivity index (χ0n) is 29.0. The fourth-order valence-corrected chi connectivity index (χ4v) is 11.3. The van der Waals surface area contributed by atoms with Crippen molar-refractivity contribution >= 4 is 24.7 Å². The van der Waals surface area contributed by atoms with Gasteiger partial charge < -0.3 is 28.1 Å². The largest absolute Gasteiger partial charge is 0.456 e. The van der Waals surface area contributed by atoms with Gasteiger partial charge in [-0.15, -0.1) is 6.58 Å². The van der Waals surface area contributed by atoms with Crippen molar-refractivity contribution in [3.05, 3.63) is 84.7 Å². The van der Waals surface area contributed by atoms with E-state index >= 15 is 0 Å². The number of cyclic esters (lactones) is 1. The van der Waals surface area contributed by atoms with E-state index < -0.39 is 31.8 Å². The van der Waals surface area contributed by atoms with E-state index in [2.05, 4.69) is 102 Å². The first-order valence-electron chi connectivity index (χ1n) is 15.9. The fourth-order valence-electron chi connectivity index (χ4n) is 6.61. The van der Waals surface area contributed by atoms with Crippen molar-refractivity contribution in [2.45, 2.75) is 91.3 Å². The van der Waals surface area contributed by atoms with Crippen molar-refractivity contribution in [2.75, 3.05) is 27.1 Å². The maximum atomic E-state index is 12.8. The summed E-state index contributed by atoms with van der Waals surface area (Å²) in [7, 11) is -1.14. The molecular formula is C37H54O7Si. The summed E-state index contributed by atoms with van der Waals surface area (Å²) in [6.45, 7) is 23.0. The van der Waals surface area contributed by atoms with Crippen LogP contribution in [0.3, 0.4) is 0 Å². The highest BCUT2D eigenvalue weighted by atomic mass is 28.4. The lowest BCUT2D eigenvalue weighted by molar-refractivity contribution is -0.224. The van der Waals surface area contributed by atoms with Gasteiger partial charge in [0.15, 0.2) is 0 Å². The second-order valence-electron chi connectivity index (χ2n) is 13.9. The van der Waals surface area contributed by atoms with Crippen molar-refractivity contribution in [1.82, 2.24) is 0 Å². The first kappa shape index (κ1) is 36.7. The van der Waals surface area contributed by atoms with Crippen LogP contribution in [0, 0.1) is 11.8 Å². The third-order valence-corrected chi connectivity index (χ3v) is 13.5. The van der Waals surface area contributed by atoms with E-state index in [0.717, 1.165) is 0 Å². The molecule has 1 heterocycles. The Morgan fingerprint density at radius 2 is 1.51 bits per heavy atom. The van der Waals surface area contributed by atoms with Crippen LogP contribution in [0.4, 0.5) is 0 Å². The SMILES string of the molecule is C=CCO[C@](C)(C[C@@H](C)CO[Si](c1ccccc1)(c1ccccc1)C(C)(C)C)[C@H](OCOC)[C@@H](C)C1=C(C)C(=O)OC(C)(C)O1. The maximum absolute atomic E-state index is 12.8. The molecule has 0 bridgehead atoms. The van der Waals surface area contributed by atoms with Crippen LogP contribution in [0.15, 0.2) is 84.7 Å². The van der Waals surface area contributed by atoms with Gasteiger partial charge in [-0.3, -0.25) is 0 Å². The first-order valence-corrected chi connectivity index (χ1v) is 17.8. The lowest BCUT2D eigenvalue weighted by Gasteiger charge is -2.45. The third-order valence-electron chi connectivity index (χ3n) is 8.49. The number of benzene rings is 2. The predicted molar refractivity (Wildman–Crippen MR) is 182 cm³/mol. The molecule has 0 spiro atoms. The van der Waals surface area contributed by atoms with Gasteiger partial charge in [-0.05, 0) is 41.6 Å². The van der Waals surface area contributed by atoms with E-state index in [4.69, 9.17) is 28.1 Å². The number of hydrogen-bond donors (Lipinski definition) is 0. The smallest absolute Gasteiger partial charge is 0.340 e. The minimum atomic E-state index is -2.73. The molecule has 0 aromatic heterocycles. The Hall–Kier alpha value is -2.75. The molecule has 0 fully saturated rings. The summed E-state index contributed by atoms with van der Waals surface area (Å²) in [4.78, 5) is 12.8. The molecule has 0 amide bonds. The zero-order valence-corrected chi connectivity index (χ0v) is 30.0. The van der Waals surface area contributed by atoms with Gasteiger partial charge in [0, 0.05) is 33.5 Å². The molecule has 0 radical (unpaired) electrons. The standard InChI is InChI=1S/C37H54O7Si/c1-12-23-41-37(10,33(40-26-39-11)28(3)32-29(4)34(38)44-36(8,9)43-32)24-27(2)25-42-45(35(5,6)7,30-19-15-13-16-20-30)31-21-17-14-18-22-31/h12-22,27-28,33H,1,23-26H2,2-11H3/t27-,28+,33-,37-/m1/s1. The molecular weight excluding hydrogens is 584 g/mol. The highest BCUT2D eigenvalue weighted by molar-refractivity contribution is 6.99. The maximum Gasteiger partial charge on any atom is 0.340 e. The fraction of sp³-hybridized carbons (Fsp3) is 0.541. The van der Waals surface area contributed by atoms with E-state index in [-0.39, 0.29) is 23.7 Å². The van der Waals surface area contributed by atoms with Gasteiger partial charge in [-0.2, -0.15) is 0 Å². The van der Waals surface area contributed by atoms with E-state index in [1.54, 1.807) is 34.0 Å². The van der Waals surface area contributed by atoms with Gasteiger partial charge in [0.1, 0.15) is 12.6 Å². The Balaban J connectivity index is 2.00. The summed E-state index contributed by atoms with van der Waals surface area (Å²) < 4.78 is 37.3. The second kappa shape index (κ2) is 15.2. The molecule has 0 unspecified atom stereocenters. The molecule has 7 nitrogen and oxygen atoms in total. The molecule has 0 saturated heterocycles. The third kappa shape index (κ3) is 8.54. The van der Waals surface area contributed by atoms with E-state index in [1.807, 2.05) is 6.92 Å². The predicted octanol–water partition coefficient (Wildman–Crippen LogP) is 6.76. The Kier molecular flexibility index (Phi) is 12.4. The summed E-state index contributed by atoms with van der Waals surface area (Å²) in [5.74, 6) is -1.25. The van der Waals surface area contributed by atoms with Crippen LogP contribution in [-0.4, -0.2) is 58.9 Å². The number of ether oxygens (including phenoxy) is 5. The highest BCUT2D eigenvalue weighted by Gasteiger charge is 2.51. The minimum Gasteiger partial charge on any atom is -0.456 e. The topological polar surface area (TPSA) is 72.5 Å². The van der Waals surface area contributed by atoms with Gasteiger partial charge in [0.25, 0.3) is 8.32 Å². The first-order chi connectivity index (χ1) is 21.1. The molecule has 4 atom stereocenters. The highest BCUT2D eigenvalue weighted by Crippen LogP contribution is 2.41. The number of rotatable bonds is 16. The normalized spacial score (nSPS) is 18.8. The van der Waals surface area contributed by atoms with Crippen molar-refractivity contribution in [3.8, 4) is 0 Å².